The van der Waals surface area contributed by atoms with Crippen molar-refractivity contribution in [2.45, 2.75) is 4.90 Å². The van der Waals surface area contributed by atoms with E-state index in [4.69, 9.17) is 23.2 Å². The quantitative estimate of drug-likeness (QED) is 0.734. The molecule has 0 atom stereocenters. The van der Waals surface area contributed by atoms with Gasteiger partial charge in [0.1, 0.15) is 0 Å². The van der Waals surface area contributed by atoms with Crippen LogP contribution in [0.5, 0.6) is 0 Å². The van der Waals surface area contributed by atoms with Crippen molar-refractivity contribution in [2.24, 2.45) is 0 Å². The minimum absolute atomic E-state index is 0.0666. The zero-order valence-corrected chi connectivity index (χ0v) is 8.25. The monoisotopic (exact) mass is 223 g/mol. The molecule has 12 heavy (non-hydrogen) atoms. The third kappa shape index (κ3) is 2.12. The molecule has 0 aromatic heterocycles. The highest BCUT2D eigenvalue weighted by molar-refractivity contribution is 7.92. The zero-order chi connectivity index (χ0) is 9.35. The van der Waals surface area contributed by atoms with Gasteiger partial charge in [-0.1, -0.05) is 23.2 Å². The molecular weight excluding hydrogens is 219 g/mol. The molecule has 0 N–H and O–H groups in total. The maximum absolute atomic E-state index is 10.9. The minimum atomic E-state index is -3.44. The molecule has 5 heteroatoms. The van der Waals surface area contributed by atoms with Crippen molar-refractivity contribution in [1.29, 1.82) is 0 Å². The lowest BCUT2D eigenvalue weighted by atomic mass is 10.4. The van der Waals surface area contributed by atoms with E-state index < -0.39 is 9.84 Å². The number of hydrogen-bond donors (Lipinski definition) is 0. The number of hydrogen-bond acceptors (Lipinski definition) is 2. The van der Waals surface area contributed by atoms with Crippen molar-refractivity contribution >= 4 is 33.0 Å². The summed E-state index contributed by atoms with van der Waals surface area (Å²) >= 11 is 11.2. The molecule has 0 unspecified atom stereocenters. The van der Waals surface area contributed by atoms with Gasteiger partial charge in [0, 0.05) is 0 Å². The van der Waals surface area contributed by atoms with Crippen LogP contribution in [-0.4, -0.2) is 8.42 Å². The van der Waals surface area contributed by atoms with Gasteiger partial charge in [-0.2, -0.15) is 0 Å². The van der Waals surface area contributed by atoms with Crippen molar-refractivity contribution in [2.75, 3.05) is 0 Å². The lowest BCUT2D eigenvalue weighted by molar-refractivity contribution is 0.604. The molecule has 0 aliphatic carbocycles. The van der Waals surface area contributed by atoms with Crippen LogP contribution in [0.2, 0.25) is 10.0 Å². The third-order valence-corrected chi connectivity index (χ3v) is 2.96. The predicted molar refractivity (Wildman–Crippen MR) is 49.0 cm³/mol. The molecular formula is C7H5Cl2O2S. The van der Waals surface area contributed by atoms with Crippen molar-refractivity contribution in [3.8, 4) is 0 Å². The molecule has 0 fully saturated rings. The summed E-state index contributed by atoms with van der Waals surface area (Å²) in [7, 11) is -3.44. The van der Waals surface area contributed by atoms with E-state index in [1.54, 1.807) is 0 Å². The lowest BCUT2D eigenvalue weighted by Gasteiger charge is -1.99. The van der Waals surface area contributed by atoms with Crippen LogP contribution in [0.15, 0.2) is 23.1 Å². The minimum Gasteiger partial charge on any atom is -0.224 e. The van der Waals surface area contributed by atoms with Gasteiger partial charge in [-0.05, 0) is 18.2 Å². The van der Waals surface area contributed by atoms with Crippen LogP contribution in [0, 0.1) is 6.26 Å². The second kappa shape index (κ2) is 3.24. The smallest absolute Gasteiger partial charge is 0.179 e. The molecule has 1 radical (unpaired) electrons. The van der Waals surface area contributed by atoms with E-state index in [9.17, 15) is 8.42 Å². The number of benzene rings is 1. The lowest BCUT2D eigenvalue weighted by Crippen LogP contribution is -1.93. The zero-order valence-electron chi connectivity index (χ0n) is 5.92. The molecule has 1 rings (SSSR count). The number of sulfone groups is 1. The number of rotatable bonds is 1. The Labute approximate surface area is 81.0 Å². The van der Waals surface area contributed by atoms with Gasteiger partial charge < -0.3 is 0 Å². The van der Waals surface area contributed by atoms with E-state index in [0.29, 0.717) is 5.02 Å². The summed E-state index contributed by atoms with van der Waals surface area (Å²) in [6.07, 6.45) is 2.98. The van der Waals surface area contributed by atoms with Crippen molar-refractivity contribution < 1.29 is 8.42 Å². The van der Waals surface area contributed by atoms with Crippen LogP contribution in [0.1, 0.15) is 0 Å². The highest BCUT2D eigenvalue weighted by atomic mass is 35.5. The van der Waals surface area contributed by atoms with Gasteiger partial charge in [0.15, 0.2) is 9.84 Å². The Morgan fingerprint density at radius 3 is 2.17 bits per heavy atom. The third-order valence-electron chi connectivity index (χ3n) is 1.25. The summed E-state index contributed by atoms with van der Waals surface area (Å²) in [6, 6.07) is 4.05. The normalized spacial score (nSPS) is 11.6. The fourth-order valence-corrected chi connectivity index (χ4v) is 1.61. The van der Waals surface area contributed by atoms with Gasteiger partial charge in [0.2, 0.25) is 0 Å². The first-order chi connectivity index (χ1) is 5.41. The van der Waals surface area contributed by atoms with E-state index in [2.05, 4.69) is 6.26 Å². The summed E-state index contributed by atoms with van der Waals surface area (Å²) in [5, 5.41) is 0.533. The Hall–Kier alpha value is -0.250. The van der Waals surface area contributed by atoms with Crippen molar-refractivity contribution in [3.05, 3.63) is 34.5 Å². The summed E-state index contributed by atoms with van der Waals surface area (Å²) in [6.45, 7) is 0. The standard InChI is InChI=1S/C7H5Cl2O2S/c1-12(10,11)5-2-3-6(8)7(9)4-5/h2-4H,1H2. The van der Waals surface area contributed by atoms with Crippen LogP contribution < -0.4 is 0 Å². The van der Waals surface area contributed by atoms with Crippen LogP contribution in [0.3, 0.4) is 0 Å². The molecule has 1 aromatic carbocycles. The van der Waals surface area contributed by atoms with Gasteiger partial charge in [-0.15, -0.1) is 0 Å². The van der Waals surface area contributed by atoms with E-state index in [-0.39, 0.29) is 9.92 Å². The average molecular weight is 224 g/mol. The summed E-state index contributed by atoms with van der Waals surface area (Å²) < 4.78 is 21.8. The maximum Gasteiger partial charge on any atom is 0.179 e. The van der Waals surface area contributed by atoms with E-state index in [0.717, 1.165) is 0 Å². The molecule has 0 amide bonds. The fourth-order valence-electron chi connectivity index (χ4n) is 0.670. The van der Waals surface area contributed by atoms with Gasteiger partial charge in [0.05, 0.1) is 21.2 Å². The second-order valence-corrected chi connectivity index (χ2v) is 4.71. The first-order valence-electron chi connectivity index (χ1n) is 2.94. The Morgan fingerprint density at radius 1 is 1.17 bits per heavy atom. The molecule has 0 saturated heterocycles. The molecule has 0 aliphatic heterocycles. The second-order valence-electron chi connectivity index (χ2n) is 2.19. The largest absolute Gasteiger partial charge is 0.224 e. The Balaban J connectivity index is 3.33. The highest BCUT2D eigenvalue weighted by Crippen LogP contribution is 2.24. The van der Waals surface area contributed by atoms with Crippen LogP contribution >= 0.6 is 23.2 Å². The van der Waals surface area contributed by atoms with Crippen LogP contribution in [-0.2, 0) is 9.84 Å². The average Bonchev–Trinajstić information content (AvgIpc) is 1.92. The SMILES string of the molecule is [CH2]S(=O)(=O)c1ccc(Cl)c(Cl)c1. The van der Waals surface area contributed by atoms with E-state index >= 15 is 0 Å². The molecule has 2 nitrogen and oxygen atoms in total. The topological polar surface area (TPSA) is 34.1 Å². The van der Waals surface area contributed by atoms with Crippen LogP contribution in [0.4, 0.5) is 0 Å². The predicted octanol–water partition coefficient (Wildman–Crippen LogP) is 2.56. The molecule has 0 aliphatic rings. The highest BCUT2D eigenvalue weighted by Gasteiger charge is 2.08. The van der Waals surface area contributed by atoms with E-state index in [1.807, 2.05) is 0 Å². The Morgan fingerprint density at radius 2 is 1.75 bits per heavy atom. The molecule has 1 aromatic rings. The van der Waals surface area contributed by atoms with Gasteiger partial charge >= 0.3 is 0 Å². The summed E-state index contributed by atoms with van der Waals surface area (Å²) in [5.41, 5.74) is 0. The fraction of sp³-hybridized carbons (Fsp3) is 0. The van der Waals surface area contributed by atoms with Gasteiger partial charge in [-0.3, -0.25) is 0 Å². The van der Waals surface area contributed by atoms with E-state index in [1.165, 1.54) is 18.2 Å². The van der Waals surface area contributed by atoms with Crippen LogP contribution in [0.25, 0.3) is 0 Å². The molecule has 0 bridgehead atoms. The summed E-state index contributed by atoms with van der Waals surface area (Å²) in [5.74, 6) is 0. The molecule has 65 valence electrons. The van der Waals surface area contributed by atoms with Gasteiger partial charge in [-0.25, -0.2) is 8.42 Å². The molecule has 0 saturated carbocycles. The number of halogens is 2. The first kappa shape index (κ1) is 9.84. The first-order valence-corrected chi connectivity index (χ1v) is 5.35. The molecule has 0 spiro atoms. The molecule has 0 heterocycles. The van der Waals surface area contributed by atoms with Gasteiger partial charge in [0.25, 0.3) is 0 Å². The maximum atomic E-state index is 10.9. The summed E-state index contributed by atoms with van der Waals surface area (Å²) in [4.78, 5) is 0.0666. The Kier molecular flexibility index (Phi) is 2.66. The van der Waals surface area contributed by atoms with Crippen molar-refractivity contribution in [1.82, 2.24) is 0 Å². The van der Waals surface area contributed by atoms with Crippen molar-refractivity contribution in [3.63, 3.8) is 0 Å². The Bertz CT molecular complexity index is 398.